The number of hydrogen-bond donors (Lipinski definition) is 3. The van der Waals surface area contributed by atoms with Gasteiger partial charge in [0.15, 0.2) is 11.6 Å². The summed E-state index contributed by atoms with van der Waals surface area (Å²) in [5, 5.41) is 11.3. The molecule has 6 rings (SSSR count). The van der Waals surface area contributed by atoms with E-state index in [-0.39, 0.29) is 78.3 Å². The van der Waals surface area contributed by atoms with Crippen LogP contribution in [-0.4, -0.2) is 99.0 Å². The molecular formula is C48H61Cl4LiN8O7. The predicted octanol–water partition coefficient (Wildman–Crippen LogP) is 6.59. The number of halogens is 4. The Hall–Kier alpha value is -4.46. The minimum absolute atomic E-state index is 0. The molecule has 2 fully saturated rings. The Morgan fingerprint density at radius 3 is 1.34 bits per heavy atom. The summed E-state index contributed by atoms with van der Waals surface area (Å²) in [6.45, 7) is 16.3. The van der Waals surface area contributed by atoms with Crippen LogP contribution < -0.4 is 40.1 Å². The van der Waals surface area contributed by atoms with Crippen molar-refractivity contribution in [1.29, 1.82) is 0 Å². The van der Waals surface area contributed by atoms with E-state index in [2.05, 4.69) is 61.3 Å². The fourth-order valence-electron chi connectivity index (χ4n) is 8.64. The standard InChI is InChI=1S/C25H32Cl2N4O3.C23H28Cl2N4O3.Li.H2O/c1-5-34-23(33)11-22(32)30-14-19(12-25(2,3)4)31(24-20(28)10-18(27)13-29-24)21(15-30)16-6-8-17(26)9-7-16;1-23(2,3)10-17-12-28(20(30)9-21(31)32)13-19(14-4-6-15(24)7-5-14)29(17)22-18(26)8-16(25)11-27-22;;/h6-10,13,19,21H,5,11-12,14-15,28H2,1-4H3;4-8,11,17,19H,9-10,12-13,26H2,1-3H3,(H,31,32);;1H2/q;;+1;/p-1/t19-,21-;17-,19-;;/m00../s1. The van der Waals surface area contributed by atoms with E-state index >= 15 is 0 Å². The third-order valence-electron chi connectivity index (χ3n) is 11.1. The van der Waals surface area contributed by atoms with E-state index in [1.165, 1.54) is 0 Å². The number of aromatic nitrogens is 2. The number of ether oxygens (including phenoxy) is 1. The maximum absolute atomic E-state index is 13.1. The maximum atomic E-state index is 13.1. The second-order valence-electron chi connectivity index (χ2n) is 19.1. The van der Waals surface area contributed by atoms with Crippen molar-refractivity contribution in [3.05, 3.63) is 104 Å². The number of pyridine rings is 2. The number of rotatable bonds is 11. The normalized spacial score (nSPS) is 18.3. The third kappa shape index (κ3) is 16.1. The summed E-state index contributed by atoms with van der Waals surface area (Å²) in [6, 6.07) is 17.5. The van der Waals surface area contributed by atoms with Crippen LogP contribution in [0.2, 0.25) is 20.1 Å². The summed E-state index contributed by atoms with van der Waals surface area (Å²) in [5.74, 6) is -1.12. The summed E-state index contributed by atoms with van der Waals surface area (Å²) in [7, 11) is 0. The van der Waals surface area contributed by atoms with Crippen LogP contribution in [0, 0.1) is 10.8 Å². The zero-order valence-electron chi connectivity index (χ0n) is 39.9. The summed E-state index contributed by atoms with van der Waals surface area (Å²) in [6.07, 6.45) is 3.81. The fourth-order valence-corrected chi connectivity index (χ4v) is 9.23. The number of amides is 2. The van der Waals surface area contributed by atoms with Crippen LogP contribution in [-0.2, 0) is 23.9 Å². The maximum Gasteiger partial charge on any atom is 1.00 e. The second kappa shape index (κ2) is 24.9. The Balaban J connectivity index is 0.000000351. The number of carbonyl (C=O) groups excluding carboxylic acids is 3. The van der Waals surface area contributed by atoms with Gasteiger partial charge >= 0.3 is 30.8 Å². The van der Waals surface area contributed by atoms with Crippen molar-refractivity contribution in [3.8, 4) is 0 Å². The molecule has 0 aliphatic carbocycles. The second-order valence-corrected chi connectivity index (χ2v) is 20.8. The molecule has 2 aliphatic rings. The molecule has 2 aliphatic heterocycles. The number of carbonyl (C=O) groups is 4. The van der Waals surface area contributed by atoms with E-state index in [0.717, 1.165) is 24.0 Å². The molecule has 2 saturated heterocycles. The average molecular weight is 1010 g/mol. The summed E-state index contributed by atoms with van der Waals surface area (Å²) >= 11 is 24.5. The van der Waals surface area contributed by atoms with Gasteiger partial charge in [0.05, 0.1) is 40.1 Å². The first-order valence-corrected chi connectivity index (χ1v) is 23.3. The molecule has 68 heavy (non-hydrogen) atoms. The van der Waals surface area contributed by atoms with Crippen molar-refractivity contribution in [1.82, 2.24) is 19.8 Å². The molecule has 6 N–H and O–H groups in total. The molecule has 4 aromatic rings. The molecule has 15 nitrogen and oxygen atoms in total. The molecule has 0 saturated carbocycles. The number of hydrogen-bond acceptors (Lipinski definition) is 12. The van der Waals surface area contributed by atoms with Crippen LogP contribution in [0.4, 0.5) is 23.0 Å². The Labute approximate surface area is 431 Å². The fraction of sp³-hybridized carbons (Fsp3) is 0.458. The van der Waals surface area contributed by atoms with Crippen molar-refractivity contribution in [2.45, 2.75) is 98.3 Å². The van der Waals surface area contributed by atoms with E-state index < -0.39 is 24.3 Å². The Morgan fingerprint density at radius 2 is 1.01 bits per heavy atom. The number of anilines is 4. The van der Waals surface area contributed by atoms with Gasteiger partial charge in [-0.3, -0.25) is 19.2 Å². The van der Waals surface area contributed by atoms with Crippen LogP contribution in [0.15, 0.2) is 73.1 Å². The molecule has 0 spiro atoms. The Morgan fingerprint density at radius 1 is 0.647 bits per heavy atom. The summed E-state index contributed by atoms with van der Waals surface area (Å²) in [4.78, 5) is 65.9. The average Bonchev–Trinajstić information content (AvgIpc) is 3.20. The third-order valence-corrected chi connectivity index (χ3v) is 12.1. The van der Waals surface area contributed by atoms with Gasteiger partial charge in [0.1, 0.15) is 12.8 Å². The monoisotopic (exact) mass is 1010 g/mol. The minimum atomic E-state index is -1.14. The number of nitrogens with two attached hydrogens (primary N) is 2. The first-order valence-electron chi connectivity index (χ1n) is 21.8. The Bertz CT molecular complexity index is 2350. The van der Waals surface area contributed by atoms with Crippen LogP contribution >= 0.6 is 46.4 Å². The molecule has 0 unspecified atom stereocenters. The van der Waals surface area contributed by atoms with Gasteiger partial charge in [-0.2, -0.15) is 0 Å². The molecule has 2 aromatic heterocycles. The van der Waals surface area contributed by atoms with Gasteiger partial charge in [-0.25, -0.2) is 9.97 Å². The van der Waals surface area contributed by atoms with Crippen molar-refractivity contribution >= 4 is 93.2 Å². The van der Waals surface area contributed by atoms with Gasteiger partial charge in [0.2, 0.25) is 11.8 Å². The van der Waals surface area contributed by atoms with E-state index in [4.69, 9.17) is 67.7 Å². The van der Waals surface area contributed by atoms with Crippen molar-refractivity contribution < 1.29 is 53.4 Å². The molecule has 0 radical (unpaired) electrons. The molecule has 4 heterocycles. The number of piperazine rings is 2. The van der Waals surface area contributed by atoms with E-state index in [1.54, 1.807) is 53.4 Å². The number of esters is 1. The molecule has 0 bridgehead atoms. The minimum Gasteiger partial charge on any atom is -0.870 e. The number of nitrogen functional groups attached to an aromatic ring is 2. The van der Waals surface area contributed by atoms with Gasteiger partial charge in [0, 0.05) is 60.7 Å². The summed E-state index contributed by atoms with van der Waals surface area (Å²) in [5.41, 5.74) is 15.4. The van der Waals surface area contributed by atoms with Crippen LogP contribution in [0.5, 0.6) is 0 Å². The zero-order valence-corrected chi connectivity index (χ0v) is 42.9. The van der Waals surface area contributed by atoms with Crippen molar-refractivity contribution in [2.75, 3.05) is 54.1 Å². The molecule has 2 aromatic carbocycles. The smallest absolute Gasteiger partial charge is 0.870 e. The largest absolute Gasteiger partial charge is 1.00 e. The first-order chi connectivity index (χ1) is 30.9. The molecule has 2 amide bonds. The first kappa shape index (κ1) is 57.9. The van der Waals surface area contributed by atoms with E-state index in [1.807, 2.05) is 36.4 Å². The van der Waals surface area contributed by atoms with E-state index in [9.17, 15) is 19.2 Å². The predicted molar refractivity (Wildman–Crippen MR) is 265 cm³/mol. The van der Waals surface area contributed by atoms with E-state index in [0.29, 0.717) is 69.3 Å². The number of nitrogens with zero attached hydrogens (tertiary/aromatic N) is 6. The van der Waals surface area contributed by atoms with Crippen LogP contribution in [0.25, 0.3) is 0 Å². The van der Waals surface area contributed by atoms with Gasteiger partial charge in [-0.15, -0.1) is 0 Å². The SMILES string of the molecule is CC(C)(C)C[C@H]1CN(C(=O)CC(=O)O)C[C@@H](c2ccc(Cl)cc2)N1c1ncc(Cl)cc1N.CCOC(=O)CC(=O)N1C[C@H](CC(C)(C)C)N(c2ncc(Cl)cc2N)[C@H](c2ccc(Cl)cc2)C1.[Li+].[OH-]. The quantitative estimate of drug-likeness (QED) is 0.0822. The summed E-state index contributed by atoms with van der Waals surface area (Å²) < 4.78 is 5.00. The van der Waals surface area contributed by atoms with Crippen molar-refractivity contribution in [2.24, 2.45) is 10.8 Å². The van der Waals surface area contributed by atoms with Gasteiger partial charge in [-0.1, -0.05) is 112 Å². The van der Waals surface area contributed by atoms with Crippen molar-refractivity contribution in [3.63, 3.8) is 0 Å². The van der Waals surface area contributed by atoms with Gasteiger partial charge < -0.3 is 46.4 Å². The molecule has 364 valence electrons. The van der Waals surface area contributed by atoms with Gasteiger partial charge in [0.25, 0.3) is 0 Å². The Kier molecular flexibility index (Phi) is 21.2. The molecule has 4 atom stereocenters. The van der Waals surface area contributed by atoms with Crippen LogP contribution in [0.1, 0.15) is 97.4 Å². The number of benzene rings is 2. The number of aliphatic carboxylic acids is 1. The topological polar surface area (TPSA) is 219 Å². The zero-order chi connectivity index (χ0) is 48.7. The van der Waals surface area contributed by atoms with Gasteiger partial charge in [-0.05, 0) is 78.1 Å². The molecule has 20 heteroatoms. The number of carboxylic acids is 1. The molecular weight excluding hydrogens is 949 g/mol. The van der Waals surface area contributed by atoms with Crippen LogP contribution in [0.3, 0.4) is 0 Å². The number of carboxylic acid groups (broad SMARTS) is 1.